The second kappa shape index (κ2) is 4.86. The Morgan fingerprint density at radius 3 is 2.79 bits per heavy atom. The molecular weight excluding hydrogens is 258 g/mol. The Morgan fingerprint density at radius 2 is 2.00 bits per heavy atom. The molecule has 0 atom stereocenters. The summed E-state index contributed by atoms with van der Waals surface area (Å²) in [5.41, 5.74) is 2.86. The fourth-order valence-corrected chi connectivity index (χ4v) is 2.07. The van der Waals surface area contributed by atoms with Gasteiger partial charge >= 0.3 is 0 Å². The average Bonchev–Trinajstić information content (AvgIpc) is 2.81. The van der Waals surface area contributed by atoms with Gasteiger partial charge in [-0.05, 0) is 30.4 Å². The van der Waals surface area contributed by atoms with Crippen LogP contribution in [0.25, 0.3) is 23.1 Å². The van der Waals surface area contributed by atoms with E-state index in [1.165, 1.54) is 0 Å². The van der Waals surface area contributed by atoms with Crippen LogP contribution in [0.1, 0.15) is 11.3 Å². The van der Waals surface area contributed by atoms with Gasteiger partial charge in [-0.15, -0.1) is 0 Å². The van der Waals surface area contributed by atoms with E-state index >= 15 is 0 Å². The van der Waals surface area contributed by atoms with Crippen molar-refractivity contribution in [3.63, 3.8) is 0 Å². The summed E-state index contributed by atoms with van der Waals surface area (Å²) in [6.45, 7) is 0. The highest BCUT2D eigenvalue weighted by Crippen LogP contribution is 2.18. The number of aryl methyl sites for hydroxylation is 1. The van der Waals surface area contributed by atoms with Gasteiger partial charge in [-0.25, -0.2) is 4.98 Å². The van der Waals surface area contributed by atoms with E-state index in [-0.39, 0.29) is 0 Å². The van der Waals surface area contributed by atoms with Crippen LogP contribution in [0.2, 0.25) is 5.02 Å². The van der Waals surface area contributed by atoms with Crippen molar-refractivity contribution < 1.29 is 0 Å². The largest absolute Gasteiger partial charge is 0.275 e. The summed E-state index contributed by atoms with van der Waals surface area (Å²) in [5, 5.41) is 5.91. The number of hydrogen-bond donors (Lipinski definition) is 0. The van der Waals surface area contributed by atoms with E-state index in [9.17, 15) is 0 Å². The molecule has 0 unspecified atom stereocenters. The van der Waals surface area contributed by atoms with Crippen LogP contribution in [0.5, 0.6) is 0 Å². The minimum Gasteiger partial charge on any atom is -0.275 e. The quantitative estimate of drug-likeness (QED) is 0.709. The summed E-state index contributed by atoms with van der Waals surface area (Å²) < 4.78 is 1.77. The smallest absolute Gasteiger partial charge is 0.0724 e. The Balaban J connectivity index is 1.94. The number of benzene rings is 1. The first-order valence-corrected chi connectivity index (χ1v) is 6.31. The number of pyridine rings is 1. The van der Waals surface area contributed by atoms with Gasteiger partial charge in [-0.3, -0.25) is 4.68 Å². The van der Waals surface area contributed by atoms with Gasteiger partial charge in [0.1, 0.15) is 0 Å². The van der Waals surface area contributed by atoms with E-state index in [4.69, 9.17) is 11.6 Å². The van der Waals surface area contributed by atoms with Gasteiger partial charge in [-0.2, -0.15) is 5.10 Å². The predicted molar refractivity (Wildman–Crippen MR) is 78.9 cm³/mol. The first-order valence-electron chi connectivity index (χ1n) is 5.94. The maximum absolute atomic E-state index is 5.98. The van der Waals surface area contributed by atoms with Gasteiger partial charge < -0.3 is 0 Å². The zero-order valence-corrected chi connectivity index (χ0v) is 11.2. The standard InChI is InChI=1S/C15H12ClN3/c1-19-10-11(9-17-19)2-6-14-7-4-12-3-5-13(16)8-15(12)18-14/h2-10H,1H3/b6-2-. The summed E-state index contributed by atoms with van der Waals surface area (Å²) in [5.74, 6) is 0. The van der Waals surface area contributed by atoms with Crippen molar-refractivity contribution in [2.24, 2.45) is 7.05 Å². The highest BCUT2D eigenvalue weighted by molar-refractivity contribution is 6.31. The van der Waals surface area contributed by atoms with Crippen LogP contribution >= 0.6 is 11.6 Å². The highest BCUT2D eigenvalue weighted by atomic mass is 35.5. The maximum atomic E-state index is 5.98. The van der Waals surface area contributed by atoms with Crippen molar-refractivity contribution in [2.75, 3.05) is 0 Å². The van der Waals surface area contributed by atoms with Crippen molar-refractivity contribution in [1.29, 1.82) is 0 Å². The normalized spacial score (nSPS) is 11.5. The summed E-state index contributed by atoms with van der Waals surface area (Å²) in [4.78, 5) is 4.56. The monoisotopic (exact) mass is 269 g/mol. The van der Waals surface area contributed by atoms with E-state index in [0.29, 0.717) is 5.02 Å². The molecule has 4 heteroatoms. The fraction of sp³-hybridized carbons (Fsp3) is 0.0667. The molecule has 0 bridgehead atoms. The molecule has 0 radical (unpaired) electrons. The molecule has 3 rings (SSSR count). The highest BCUT2D eigenvalue weighted by Gasteiger charge is 1.97. The van der Waals surface area contributed by atoms with E-state index in [1.807, 2.05) is 61.9 Å². The molecule has 19 heavy (non-hydrogen) atoms. The van der Waals surface area contributed by atoms with Crippen molar-refractivity contribution in [3.8, 4) is 0 Å². The molecular formula is C15H12ClN3. The summed E-state index contributed by atoms with van der Waals surface area (Å²) in [7, 11) is 1.90. The Labute approximate surface area is 116 Å². The summed E-state index contributed by atoms with van der Waals surface area (Å²) >= 11 is 5.98. The summed E-state index contributed by atoms with van der Waals surface area (Å²) in [6.07, 6.45) is 7.73. The summed E-state index contributed by atoms with van der Waals surface area (Å²) in [6, 6.07) is 9.75. The Hall–Kier alpha value is -2.13. The van der Waals surface area contributed by atoms with Crippen LogP contribution < -0.4 is 0 Å². The van der Waals surface area contributed by atoms with Crippen molar-refractivity contribution in [1.82, 2.24) is 14.8 Å². The Kier molecular flexibility index (Phi) is 3.05. The minimum atomic E-state index is 0.702. The molecule has 3 aromatic rings. The number of halogens is 1. The van der Waals surface area contributed by atoms with Crippen LogP contribution in [0.4, 0.5) is 0 Å². The Bertz CT molecular complexity index is 759. The Morgan fingerprint density at radius 1 is 1.16 bits per heavy atom. The third-order valence-corrected chi connectivity index (χ3v) is 3.08. The van der Waals surface area contributed by atoms with Crippen molar-refractivity contribution in [3.05, 3.63) is 59.0 Å². The van der Waals surface area contributed by atoms with Crippen LogP contribution in [-0.2, 0) is 7.05 Å². The fourth-order valence-electron chi connectivity index (χ4n) is 1.91. The lowest BCUT2D eigenvalue weighted by Crippen LogP contribution is -1.84. The van der Waals surface area contributed by atoms with Gasteiger partial charge in [0.2, 0.25) is 0 Å². The molecule has 0 fully saturated rings. The van der Waals surface area contributed by atoms with Gasteiger partial charge in [0.15, 0.2) is 0 Å². The van der Waals surface area contributed by atoms with Gasteiger partial charge in [0, 0.05) is 29.2 Å². The second-order valence-electron chi connectivity index (χ2n) is 4.35. The van der Waals surface area contributed by atoms with E-state index in [2.05, 4.69) is 10.1 Å². The minimum absolute atomic E-state index is 0.702. The van der Waals surface area contributed by atoms with Crippen LogP contribution in [-0.4, -0.2) is 14.8 Å². The molecule has 2 heterocycles. The number of hydrogen-bond acceptors (Lipinski definition) is 2. The first-order chi connectivity index (χ1) is 9.20. The van der Waals surface area contributed by atoms with Gasteiger partial charge in [0.25, 0.3) is 0 Å². The second-order valence-corrected chi connectivity index (χ2v) is 4.79. The van der Waals surface area contributed by atoms with Gasteiger partial charge in [0.05, 0.1) is 17.4 Å². The van der Waals surface area contributed by atoms with Crippen molar-refractivity contribution in [2.45, 2.75) is 0 Å². The molecule has 0 aliphatic carbocycles. The third kappa shape index (κ3) is 2.66. The lowest BCUT2D eigenvalue weighted by atomic mass is 10.2. The molecule has 0 saturated heterocycles. The lowest BCUT2D eigenvalue weighted by Gasteiger charge is -1.99. The molecule has 0 spiro atoms. The molecule has 94 valence electrons. The number of fused-ring (bicyclic) bond motifs is 1. The predicted octanol–water partition coefficient (Wildman–Crippen LogP) is 3.79. The molecule has 0 N–H and O–H groups in total. The van der Waals surface area contributed by atoms with Crippen LogP contribution in [0, 0.1) is 0 Å². The SMILES string of the molecule is Cn1cc(/C=C\c2ccc3ccc(Cl)cc3n2)cn1. The molecule has 2 aromatic heterocycles. The topological polar surface area (TPSA) is 30.7 Å². The zero-order valence-electron chi connectivity index (χ0n) is 10.4. The zero-order chi connectivity index (χ0) is 13.2. The van der Waals surface area contributed by atoms with E-state index in [1.54, 1.807) is 4.68 Å². The molecule has 3 nitrogen and oxygen atoms in total. The van der Waals surface area contributed by atoms with Crippen LogP contribution in [0.3, 0.4) is 0 Å². The lowest BCUT2D eigenvalue weighted by molar-refractivity contribution is 0.767. The molecule has 0 saturated carbocycles. The molecule has 0 amide bonds. The average molecular weight is 270 g/mol. The van der Waals surface area contributed by atoms with E-state index in [0.717, 1.165) is 22.2 Å². The van der Waals surface area contributed by atoms with E-state index < -0.39 is 0 Å². The first kappa shape index (κ1) is 11.9. The molecule has 0 aliphatic rings. The van der Waals surface area contributed by atoms with Crippen LogP contribution in [0.15, 0.2) is 42.7 Å². The van der Waals surface area contributed by atoms with Gasteiger partial charge in [-0.1, -0.05) is 23.7 Å². The molecule has 1 aromatic carbocycles. The number of nitrogens with zero attached hydrogens (tertiary/aromatic N) is 3. The van der Waals surface area contributed by atoms with Crippen molar-refractivity contribution >= 4 is 34.7 Å². The number of rotatable bonds is 2. The molecule has 0 aliphatic heterocycles. The number of aromatic nitrogens is 3. The third-order valence-electron chi connectivity index (χ3n) is 2.85. The maximum Gasteiger partial charge on any atom is 0.0724 e.